The largest absolute Gasteiger partial charge is 0.460 e. The van der Waals surface area contributed by atoms with Gasteiger partial charge in [0.15, 0.2) is 0 Å². The van der Waals surface area contributed by atoms with Crippen LogP contribution in [0.5, 0.6) is 0 Å². The average Bonchev–Trinajstić information content (AvgIpc) is 2.49. The van der Waals surface area contributed by atoms with E-state index in [-0.39, 0.29) is 6.61 Å². The summed E-state index contributed by atoms with van der Waals surface area (Å²) in [5, 5.41) is 0.381. The second-order valence-corrected chi connectivity index (χ2v) is 4.44. The van der Waals surface area contributed by atoms with E-state index in [1.807, 2.05) is 6.92 Å². The smallest absolute Gasteiger partial charge is 0.339 e. The summed E-state index contributed by atoms with van der Waals surface area (Å²) in [5.41, 5.74) is 0.360. The molecule has 21 heavy (non-hydrogen) atoms. The predicted octanol–water partition coefficient (Wildman–Crippen LogP) is 2.57. The molecule has 0 heterocycles. The highest BCUT2D eigenvalue weighted by atomic mass is 35.5. The zero-order chi connectivity index (χ0) is 15.3. The van der Waals surface area contributed by atoms with Gasteiger partial charge in [0.2, 0.25) is 0 Å². The first-order chi connectivity index (χ1) is 10.3. The number of carbonyl (C=O) groups excluding carboxylic acids is 1. The van der Waals surface area contributed by atoms with Crippen molar-refractivity contribution in [3.05, 3.63) is 34.9 Å². The molecular formula is C15H21ClO5. The summed E-state index contributed by atoms with van der Waals surface area (Å²) in [7, 11) is 0. The fourth-order valence-electron chi connectivity index (χ4n) is 1.48. The molecule has 0 aliphatic carbocycles. The molecular weight excluding hydrogens is 296 g/mol. The van der Waals surface area contributed by atoms with Crippen molar-refractivity contribution in [1.82, 2.24) is 0 Å². The minimum absolute atomic E-state index is 0.184. The van der Waals surface area contributed by atoms with Crippen molar-refractivity contribution < 1.29 is 23.7 Å². The van der Waals surface area contributed by atoms with Gasteiger partial charge in [-0.15, -0.1) is 0 Å². The molecule has 0 atom stereocenters. The van der Waals surface area contributed by atoms with E-state index >= 15 is 0 Å². The van der Waals surface area contributed by atoms with Gasteiger partial charge in [0.1, 0.15) is 6.61 Å². The minimum Gasteiger partial charge on any atom is -0.460 e. The Bertz CT molecular complexity index is 411. The van der Waals surface area contributed by atoms with E-state index < -0.39 is 5.97 Å². The second-order valence-electron chi connectivity index (χ2n) is 4.04. The van der Waals surface area contributed by atoms with Crippen molar-refractivity contribution in [2.24, 2.45) is 0 Å². The lowest BCUT2D eigenvalue weighted by molar-refractivity contribution is 0.00181. The van der Waals surface area contributed by atoms with Gasteiger partial charge in [0.25, 0.3) is 0 Å². The summed E-state index contributed by atoms with van der Waals surface area (Å²) < 4.78 is 20.7. The van der Waals surface area contributed by atoms with Crippen LogP contribution in [0.4, 0.5) is 0 Å². The van der Waals surface area contributed by atoms with Gasteiger partial charge in [0.05, 0.1) is 43.6 Å². The van der Waals surface area contributed by atoms with Crippen LogP contribution in [0.3, 0.4) is 0 Å². The Morgan fingerprint density at radius 1 is 0.952 bits per heavy atom. The molecule has 0 bridgehead atoms. The van der Waals surface area contributed by atoms with Crippen molar-refractivity contribution >= 4 is 17.6 Å². The van der Waals surface area contributed by atoms with Gasteiger partial charge < -0.3 is 18.9 Å². The van der Waals surface area contributed by atoms with Gasteiger partial charge in [-0.3, -0.25) is 0 Å². The number of benzene rings is 1. The molecule has 1 aromatic rings. The molecule has 0 saturated carbocycles. The Balaban J connectivity index is 1.99. The second kappa shape index (κ2) is 11.5. The Hall–Kier alpha value is -1.14. The fourth-order valence-corrected chi connectivity index (χ4v) is 1.69. The summed E-state index contributed by atoms with van der Waals surface area (Å²) in [4.78, 5) is 11.7. The maximum atomic E-state index is 11.7. The maximum absolute atomic E-state index is 11.7. The molecule has 0 spiro atoms. The third-order valence-corrected chi connectivity index (χ3v) is 2.83. The molecule has 0 amide bonds. The quantitative estimate of drug-likeness (QED) is 0.464. The summed E-state index contributed by atoms with van der Waals surface area (Å²) in [6.07, 6.45) is 0. The van der Waals surface area contributed by atoms with Crippen LogP contribution in [0.1, 0.15) is 17.3 Å². The zero-order valence-corrected chi connectivity index (χ0v) is 12.9. The van der Waals surface area contributed by atoms with Crippen molar-refractivity contribution in [1.29, 1.82) is 0 Å². The summed E-state index contributed by atoms with van der Waals surface area (Å²) in [6, 6.07) is 6.76. The molecule has 6 heteroatoms. The molecule has 0 fully saturated rings. The maximum Gasteiger partial charge on any atom is 0.339 e. The van der Waals surface area contributed by atoms with Crippen molar-refractivity contribution in [2.45, 2.75) is 6.92 Å². The number of hydrogen-bond donors (Lipinski definition) is 0. The van der Waals surface area contributed by atoms with Crippen LogP contribution in [0.2, 0.25) is 5.02 Å². The van der Waals surface area contributed by atoms with Crippen LogP contribution in [-0.4, -0.2) is 52.2 Å². The molecule has 0 radical (unpaired) electrons. The number of hydrogen-bond acceptors (Lipinski definition) is 5. The van der Waals surface area contributed by atoms with Crippen molar-refractivity contribution in [2.75, 3.05) is 46.2 Å². The number of ether oxygens (including phenoxy) is 4. The number of carbonyl (C=O) groups is 1. The highest BCUT2D eigenvalue weighted by Gasteiger charge is 2.10. The monoisotopic (exact) mass is 316 g/mol. The van der Waals surface area contributed by atoms with Crippen LogP contribution in [0.25, 0.3) is 0 Å². The van der Waals surface area contributed by atoms with E-state index in [0.29, 0.717) is 50.2 Å². The highest BCUT2D eigenvalue weighted by molar-refractivity contribution is 6.33. The number of esters is 1. The van der Waals surface area contributed by atoms with Gasteiger partial charge in [-0.2, -0.15) is 0 Å². The SMILES string of the molecule is CCOCCOCCOCCOC(=O)c1ccccc1Cl. The molecule has 5 nitrogen and oxygen atoms in total. The van der Waals surface area contributed by atoms with Crippen molar-refractivity contribution in [3.8, 4) is 0 Å². The lowest BCUT2D eigenvalue weighted by atomic mass is 10.2. The molecule has 118 valence electrons. The molecule has 0 aromatic heterocycles. The van der Waals surface area contributed by atoms with Gasteiger partial charge in [-0.05, 0) is 19.1 Å². The highest BCUT2D eigenvalue weighted by Crippen LogP contribution is 2.15. The van der Waals surface area contributed by atoms with Crippen LogP contribution in [0.15, 0.2) is 24.3 Å². The first kappa shape index (κ1) is 17.9. The topological polar surface area (TPSA) is 54.0 Å². The van der Waals surface area contributed by atoms with Gasteiger partial charge in [0, 0.05) is 6.61 Å². The Kier molecular flexibility index (Phi) is 9.82. The van der Waals surface area contributed by atoms with Crippen LogP contribution in [-0.2, 0) is 18.9 Å². The first-order valence-electron chi connectivity index (χ1n) is 6.90. The lowest BCUT2D eigenvalue weighted by Crippen LogP contribution is -2.14. The summed E-state index contributed by atoms with van der Waals surface area (Å²) in [5.74, 6) is -0.447. The standard InChI is InChI=1S/C15H21ClO5/c1-2-18-7-8-19-9-10-20-11-12-21-15(17)13-5-3-4-6-14(13)16/h3-6H,2,7-12H2,1H3. The van der Waals surface area contributed by atoms with E-state index in [9.17, 15) is 4.79 Å². The lowest BCUT2D eigenvalue weighted by Gasteiger charge is -2.07. The Morgan fingerprint density at radius 2 is 1.52 bits per heavy atom. The molecule has 0 unspecified atom stereocenters. The summed E-state index contributed by atoms with van der Waals surface area (Å²) >= 11 is 5.89. The van der Waals surface area contributed by atoms with E-state index in [1.165, 1.54) is 0 Å². The van der Waals surface area contributed by atoms with Crippen LogP contribution < -0.4 is 0 Å². The third-order valence-electron chi connectivity index (χ3n) is 2.50. The summed E-state index contributed by atoms with van der Waals surface area (Å²) in [6.45, 7) is 5.23. The molecule has 0 aliphatic rings. The van der Waals surface area contributed by atoms with Crippen molar-refractivity contribution in [3.63, 3.8) is 0 Å². The molecule has 0 aliphatic heterocycles. The predicted molar refractivity (Wildman–Crippen MR) is 79.9 cm³/mol. The Morgan fingerprint density at radius 3 is 2.14 bits per heavy atom. The average molecular weight is 317 g/mol. The third kappa shape index (κ3) is 8.02. The first-order valence-corrected chi connectivity index (χ1v) is 7.28. The van der Waals surface area contributed by atoms with E-state index in [4.69, 9.17) is 30.5 Å². The van der Waals surface area contributed by atoms with E-state index in [2.05, 4.69) is 0 Å². The molecule has 0 saturated heterocycles. The van der Waals surface area contributed by atoms with Crippen LogP contribution in [0, 0.1) is 0 Å². The Labute approximate surface area is 130 Å². The van der Waals surface area contributed by atoms with Crippen LogP contribution >= 0.6 is 11.6 Å². The van der Waals surface area contributed by atoms with E-state index in [1.54, 1.807) is 24.3 Å². The fraction of sp³-hybridized carbons (Fsp3) is 0.533. The molecule has 0 N–H and O–H groups in total. The molecule has 1 aromatic carbocycles. The van der Waals surface area contributed by atoms with Gasteiger partial charge in [-0.1, -0.05) is 23.7 Å². The molecule has 1 rings (SSSR count). The normalized spacial score (nSPS) is 10.6. The number of rotatable bonds is 11. The minimum atomic E-state index is -0.447. The number of halogens is 1. The van der Waals surface area contributed by atoms with Gasteiger partial charge in [-0.25, -0.2) is 4.79 Å². The zero-order valence-electron chi connectivity index (χ0n) is 12.2. The van der Waals surface area contributed by atoms with Gasteiger partial charge >= 0.3 is 5.97 Å². The van der Waals surface area contributed by atoms with E-state index in [0.717, 1.165) is 0 Å².